The van der Waals surface area contributed by atoms with Crippen molar-refractivity contribution in [2.24, 2.45) is 0 Å². The minimum absolute atomic E-state index is 0.149. The number of hydrogen-bond acceptors (Lipinski definition) is 2. The van der Waals surface area contributed by atoms with Crippen LogP contribution in [0.2, 0.25) is 0 Å². The van der Waals surface area contributed by atoms with E-state index in [4.69, 9.17) is 0 Å². The Morgan fingerprint density at radius 3 is 2.78 bits per heavy atom. The Balaban J connectivity index is 1.71. The van der Waals surface area contributed by atoms with E-state index in [0.29, 0.717) is 24.1 Å². The van der Waals surface area contributed by atoms with Crippen LogP contribution in [0.3, 0.4) is 0 Å². The smallest absolute Gasteiger partial charge is 0.226 e. The fourth-order valence-corrected chi connectivity index (χ4v) is 3.54. The molecule has 1 unspecified atom stereocenters. The molecule has 0 fully saturated rings. The lowest BCUT2D eigenvalue weighted by atomic mass is 10.1. The molecule has 1 aromatic heterocycles. The van der Waals surface area contributed by atoms with Crippen molar-refractivity contribution in [3.05, 3.63) is 62.9 Å². The van der Waals surface area contributed by atoms with Gasteiger partial charge in [0.15, 0.2) is 11.6 Å². The Labute approximate surface area is 141 Å². The molecule has 1 N–H and O–H groups in total. The van der Waals surface area contributed by atoms with Crippen molar-refractivity contribution in [2.45, 2.75) is 32.2 Å². The summed E-state index contributed by atoms with van der Waals surface area (Å²) in [5, 5.41) is 2.89. The molecule has 2 aromatic rings. The third-order valence-electron chi connectivity index (χ3n) is 3.91. The van der Waals surface area contributed by atoms with Gasteiger partial charge in [0.25, 0.3) is 0 Å². The molecule has 0 bridgehead atoms. The number of aromatic nitrogens is 1. The summed E-state index contributed by atoms with van der Waals surface area (Å²) in [5.74, 6) is -1.91. The second-order valence-corrected chi connectivity index (χ2v) is 6.63. The summed E-state index contributed by atoms with van der Waals surface area (Å²) in [6, 6.07) is 5.79. The highest BCUT2D eigenvalue weighted by atomic mass is 79.9. The molecule has 23 heavy (non-hydrogen) atoms. The number of fused-ring (bicyclic) bond motifs is 1. The monoisotopic (exact) mass is 380 g/mol. The van der Waals surface area contributed by atoms with Crippen LogP contribution >= 0.6 is 15.9 Å². The van der Waals surface area contributed by atoms with E-state index in [2.05, 4.69) is 26.2 Å². The van der Waals surface area contributed by atoms with E-state index >= 15 is 0 Å². The molecule has 6 heteroatoms. The average Bonchev–Trinajstić information content (AvgIpc) is 2.80. The molecule has 120 valence electrons. The van der Waals surface area contributed by atoms with Gasteiger partial charge in [-0.15, -0.1) is 0 Å². The van der Waals surface area contributed by atoms with Gasteiger partial charge in [-0.05, 0) is 55.2 Å². The van der Waals surface area contributed by atoms with Gasteiger partial charge in [-0.3, -0.25) is 9.78 Å². The topological polar surface area (TPSA) is 42.0 Å². The number of amides is 1. The van der Waals surface area contributed by atoms with Crippen molar-refractivity contribution >= 4 is 21.8 Å². The SMILES string of the molecule is Cc1cc(Br)cc(CC(=O)NC2CCc3cc(F)c(F)cc32)n1. The zero-order valence-electron chi connectivity index (χ0n) is 12.5. The largest absolute Gasteiger partial charge is 0.349 e. The minimum atomic E-state index is -0.880. The van der Waals surface area contributed by atoms with Gasteiger partial charge in [0, 0.05) is 10.2 Å². The Bertz CT molecular complexity index is 759. The van der Waals surface area contributed by atoms with Gasteiger partial charge < -0.3 is 5.32 Å². The number of nitrogens with zero attached hydrogens (tertiary/aromatic N) is 1. The van der Waals surface area contributed by atoms with Gasteiger partial charge in [-0.2, -0.15) is 0 Å². The van der Waals surface area contributed by atoms with E-state index in [1.807, 2.05) is 13.0 Å². The summed E-state index contributed by atoms with van der Waals surface area (Å²) >= 11 is 3.38. The zero-order chi connectivity index (χ0) is 16.6. The number of carbonyl (C=O) groups is 1. The lowest BCUT2D eigenvalue weighted by Gasteiger charge is -2.14. The van der Waals surface area contributed by atoms with Crippen LogP contribution in [0.1, 0.15) is 35.0 Å². The number of rotatable bonds is 3. The number of aryl methyl sites for hydroxylation is 2. The van der Waals surface area contributed by atoms with Gasteiger partial charge in [-0.1, -0.05) is 15.9 Å². The predicted octanol–water partition coefficient (Wildman–Crippen LogP) is 3.78. The van der Waals surface area contributed by atoms with E-state index in [9.17, 15) is 13.6 Å². The van der Waals surface area contributed by atoms with Crippen molar-refractivity contribution in [3.63, 3.8) is 0 Å². The molecular weight excluding hydrogens is 366 g/mol. The molecule has 1 atom stereocenters. The maximum atomic E-state index is 13.4. The number of pyridine rings is 1. The number of halogens is 3. The van der Waals surface area contributed by atoms with Crippen LogP contribution in [0.15, 0.2) is 28.7 Å². The zero-order valence-corrected chi connectivity index (χ0v) is 14.1. The average molecular weight is 381 g/mol. The summed E-state index contributed by atoms with van der Waals surface area (Å²) in [6.45, 7) is 1.86. The molecule has 0 saturated carbocycles. The summed E-state index contributed by atoms with van der Waals surface area (Å²) in [5.41, 5.74) is 2.91. The Kier molecular flexibility index (Phi) is 4.43. The van der Waals surface area contributed by atoms with Crippen LogP contribution in [-0.2, 0) is 17.6 Å². The van der Waals surface area contributed by atoms with Crippen LogP contribution in [0.4, 0.5) is 8.78 Å². The first-order valence-corrected chi connectivity index (χ1v) is 8.12. The lowest BCUT2D eigenvalue weighted by molar-refractivity contribution is -0.121. The van der Waals surface area contributed by atoms with Gasteiger partial charge in [0.05, 0.1) is 18.2 Å². The first-order chi connectivity index (χ1) is 10.9. The molecule has 1 heterocycles. The molecule has 0 radical (unpaired) electrons. The van der Waals surface area contributed by atoms with Gasteiger partial charge in [0.1, 0.15) is 0 Å². The molecule has 0 spiro atoms. The number of hydrogen-bond donors (Lipinski definition) is 1. The van der Waals surface area contributed by atoms with Crippen LogP contribution < -0.4 is 5.32 Å². The first-order valence-electron chi connectivity index (χ1n) is 7.32. The molecule has 1 aliphatic carbocycles. The maximum absolute atomic E-state index is 13.4. The highest BCUT2D eigenvalue weighted by Gasteiger charge is 2.26. The van der Waals surface area contributed by atoms with Gasteiger partial charge >= 0.3 is 0 Å². The second kappa shape index (κ2) is 6.35. The summed E-state index contributed by atoms with van der Waals surface area (Å²) in [6.07, 6.45) is 1.43. The summed E-state index contributed by atoms with van der Waals surface area (Å²) < 4.78 is 27.5. The van der Waals surface area contributed by atoms with Gasteiger partial charge in [-0.25, -0.2) is 8.78 Å². The van der Waals surface area contributed by atoms with Crippen molar-refractivity contribution in [1.29, 1.82) is 0 Å². The Hall–Kier alpha value is -1.82. The van der Waals surface area contributed by atoms with E-state index in [1.54, 1.807) is 6.07 Å². The van der Waals surface area contributed by atoms with Crippen molar-refractivity contribution < 1.29 is 13.6 Å². The van der Waals surface area contributed by atoms with Crippen molar-refractivity contribution in [3.8, 4) is 0 Å². The highest BCUT2D eigenvalue weighted by Crippen LogP contribution is 2.32. The number of benzene rings is 1. The molecule has 3 nitrogen and oxygen atoms in total. The maximum Gasteiger partial charge on any atom is 0.226 e. The summed E-state index contributed by atoms with van der Waals surface area (Å²) in [4.78, 5) is 16.5. The first kappa shape index (κ1) is 16.1. The highest BCUT2D eigenvalue weighted by molar-refractivity contribution is 9.10. The molecule has 1 amide bonds. The van der Waals surface area contributed by atoms with Crippen LogP contribution in [0, 0.1) is 18.6 Å². The van der Waals surface area contributed by atoms with Crippen LogP contribution in [0.25, 0.3) is 0 Å². The summed E-state index contributed by atoms with van der Waals surface area (Å²) in [7, 11) is 0. The van der Waals surface area contributed by atoms with Crippen molar-refractivity contribution in [2.75, 3.05) is 0 Å². The predicted molar refractivity (Wildman–Crippen MR) is 85.9 cm³/mol. The standard InChI is InChI=1S/C17H15BrF2N2O/c1-9-4-11(18)6-12(21-9)7-17(23)22-16-3-2-10-5-14(19)15(20)8-13(10)16/h4-6,8,16H,2-3,7H2,1H3,(H,22,23). The third kappa shape index (κ3) is 3.58. The van der Waals surface area contributed by atoms with Crippen LogP contribution in [0.5, 0.6) is 0 Å². The number of nitrogens with one attached hydrogen (secondary N) is 1. The minimum Gasteiger partial charge on any atom is -0.349 e. The molecule has 3 rings (SSSR count). The van der Waals surface area contributed by atoms with E-state index in [-0.39, 0.29) is 18.4 Å². The quantitative estimate of drug-likeness (QED) is 0.880. The lowest BCUT2D eigenvalue weighted by Crippen LogP contribution is -2.29. The van der Waals surface area contributed by atoms with Crippen molar-refractivity contribution in [1.82, 2.24) is 10.3 Å². The molecule has 0 saturated heterocycles. The van der Waals surface area contributed by atoms with Crippen LogP contribution in [-0.4, -0.2) is 10.9 Å². The van der Waals surface area contributed by atoms with Gasteiger partial charge in [0.2, 0.25) is 5.91 Å². The Morgan fingerprint density at radius 2 is 2.04 bits per heavy atom. The van der Waals surface area contributed by atoms with E-state index in [0.717, 1.165) is 15.7 Å². The molecule has 0 aliphatic heterocycles. The van der Waals surface area contributed by atoms with E-state index < -0.39 is 11.6 Å². The molecule has 1 aromatic carbocycles. The Morgan fingerprint density at radius 1 is 1.30 bits per heavy atom. The van der Waals surface area contributed by atoms with E-state index in [1.165, 1.54) is 12.1 Å². The normalized spacial score (nSPS) is 16.3. The third-order valence-corrected chi connectivity index (χ3v) is 4.37. The number of carbonyl (C=O) groups excluding carboxylic acids is 1. The second-order valence-electron chi connectivity index (χ2n) is 5.72. The molecule has 1 aliphatic rings. The molecular formula is C17H15BrF2N2O. The fourth-order valence-electron chi connectivity index (χ4n) is 2.94. The fraction of sp³-hybridized carbons (Fsp3) is 0.294.